The number of thiophene rings is 1. The first kappa shape index (κ1) is 16.2. The van der Waals surface area contributed by atoms with E-state index in [1.165, 1.54) is 22.5 Å². The van der Waals surface area contributed by atoms with Crippen LogP contribution >= 0.6 is 11.3 Å². The smallest absolute Gasteiger partial charge is 0.266 e. The van der Waals surface area contributed by atoms with Crippen LogP contribution in [0.15, 0.2) is 54.0 Å². The first-order valence-electron chi connectivity index (χ1n) is 7.61. The zero-order chi connectivity index (χ0) is 16.9. The summed E-state index contributed by atoms with van der Waals surface area (Å²) in [7, 11) is 0. The highest BCUT2D eigenvalue weighted by Crippen LogP contribution is 2.20. The summed E-state index contributed by atoms with van der Waals surface area (Å²) < 4.78 is 5.83. The summed E-state index contributed by atoms with van der Waals surface area (Å²) in [5.74, 6) is 1.23. The van der Waals surface area contributed by atoms with Crippen LogP contribution in [0, 0.1) is 13.8 Å². The Kier molecular flexibility index (Phi) is 4.91. The number of hydrogen-bond donors (Lipinski definition) is 1. The van der Waals surface area contributed by atoms with Crippen LogP contribution in [0.25, 0.3) is 0 Å². The third-order valence-electron chi connectivity index (χ3n) is 3.38. The third kappa shape index (κ3) is 4.20. The Hall–Kier alpha value is -2.66. The Bertz CT molecular complexity index is 823. The molecule has 1 amide bonds. The van der Waals surface area contributed by atoms with Gasteiger partial charge in [-0.1, -0.05) is 12.1 Å². The fourth-order valence-corrected chi connectivity index (χ4v) is 3.16. The lowest BCUT2D eigenvalue weighted by atomic mass is 10.1. The van der Waals surface area contributed by atoms with E-state index in [4.69, 9.17) is 4.74 Å². The molecule has 1 N–H and O–H groups in total. The Morgan fingerprint density at radius 1 is 1.17 bits per heavy atom. The maximum Gasteiger partial charge on any atom is 0.266 e. The number of pyridine rings is 1. The molecule has 0 bridgehead atoms. The highest BCUT2D eigenvalue weighted by Gasteiger charge is 2.10. The predicted octanol–water partition coefficient (Wildman–Crippen LogP) is 4.59. The van der Waals surface area contributed by atoms with E-state index in [2.05, 4.69) is 16.4 Å². The highest BCUT2D eigenvalue weighted by molar-refractivity contribution is 7.12. The van der Waals surface area contributed by atoms with Crippen molar-refractivity contribution in [2.24, 2.45) is 0 Å². The third-order valence-corrected chi connectivity index (χ3v) is 4.36. The van der Waals surface area contributed by atoms with E-state index in [-0.39, 0.29) is 5.91 Å². The molecule has 0 saturated heterocycles. The monoisotopic (exact) mass is 338 g/mol. The number of nitrogens with one attached hydrogen (secondary N) is 1. The van der Waals surface area contributed by atoms with Crippen molar-refractivity contribution in [1.82, 2.24) is 4.98 Å². The number of nitrogens with zero attached hydrogens (tertiary/aromatic N) is 1. The molecule has 0 spiro atoms. The van der Waals surface area contributed by atoms with Crippen molar-refractivity contribution in [3.8, 4) is 5.75 Å². The summed E-state index contributed by atoms with van der Waals surface area (Å²) in [5, 5.41) is 4.72. The average Bonchev–Trinajstić information content (AvgIpc) is 3.02. The van der Waals surface area contributed by atoms with Crippen LogP contribution in [0.4, 0.5) is 5.82 Å². The number of benzene rings is 1. The van der Waals surface area contributed by atoms with Crippen LogP contribution in [0.1, 0.15) is 26.4 Å². The quantitative estimate of drug-likeness (QED) is 0.740. The van der Waals surface area contributed by atoms with Gasteiger partial charge in [0.1, 0.15) is 18.2 Å². The number of rotatable bonds is 5. The summed E-state index contributed by atoms with van der Waals surface area (Å²) in [5.41, 5.74) is 3.32. The molecule has 3 rings (SSSR count). The van der Waals surface area contributed by atoms with E-state index >= 15 is 0 Å². The average molecular weight is 338 g/mol. The van der Waals surface area contributed by atoms with E-state index in [0.29, 0.717) is 17.3 Å². The second kappa shape index (κ2) is 7.27. The number of carbonyl (C=O) groups excluding carboxylic acids is 1. The van der Waals surface area contributed by atoms with Gasteiger partial charge in [0.05, 0.1) is 4.88 Å². The van der Waals surface area contributed by atoms with Gasteiger partial charge in [-0.25, -0.2) is 4.98 Å². The largest absolute Gasteiger partial charge is 0.489 e. The molecule has 5 heteroatoms. The van der Waals surface area contributed by atoms with E-state index in [1.54, 1.807) is 12.3 Å². The van der Waals surface area contributed by atoms with Gasteiger partial charge in [0, 0.05) is 11.8 Å². The molecule has 24 heavy (non-hydrogen) atoms. The number of amides is 1. The zero-order valence-corrected chi connectivity index (χ0v) is 14.4. The fraction of sp³-hybridized carbons (Fsp3) is 0.158. The van der Waals surface area contributed by atoms with Gasteiger partial charge in [-0.3, -0.25) is 4.79 Å². The SMILES string of the molecule is Cc1cc(C)cc(OCc2csc(C(=O)Nc3ccccn3)c2)c1. The molecule has 0 radical (unpaired) electrons. The first-order chi connectivity index (χ1) is 11.6. The number of ether oxygens (including phenoxy) is 1. The van der Waals surface area contributed by atoms with Gasteiger partial charge < -0.3 is 10.1 Å². The van der Waals surface area contributed by atoms with E-state index in [0.717, 1.165) is 11.3 Å². The first-order valence-corrected chi connectivity index (χ1v) is 8.49. The minimum atomic E-state index is -0.156. The molecule has 3 aromatic rings. The Labute approximate surface area is 145 Å². The molecule has 122 valence electrons. The standard InChI is InChI=1S/C19H18N2O2S/c1-13-7-14(2)9-16(8-13)23-11-15-10-17(24-12-15)19(22)21-18-5-3-4-6-20-18/h3-10,12H,11H2,1-2H3,(H,20,21,22). The minimum absolute atomic E-state index is 0.156. The van der Waals surface area contributed by atoms with Gasteiger partial charge >= 0.3 is 0 Å². The van der Waals surface area contributed by atoms with E-state index < -0.39 is 0 Å². The van der Waals surface area contributed by atoms with Gasteiger partial charge in [0.15, 0.2) is 0 Å². The van der Waals surface area contributed by atoms with Crippen molar-refractivity contribution >= 4 is 23.1 Å². The molecule has 2 aromatic heterocycles. The lowest BCUT2D eigenvalue weighted by Gasteiger charge is -2.07. The van der Waals surface area contributed by atoms with Crippen molar-refractivity contribution in [3.05, 3.63) is 75.6 Å². The highest BCUT2D eigenvalue weighted by atomic mass is 32.1. The summed E-state index contributed by atoms with van der Waals surface area (Å²) >= 11 is 1.40. The molecule has 0 aliphatic rings. The normalized spacial score (nSPS) is 10.4. The second-order valence-corrected chi connectivity index (χ2v) is 6.51. The summed E-state index contributed by atoms with van der Waals surface area (Å²) in [6.45, 7) is 4.53. The summed E-state index contributed by atoms with van der Waals surface area (Å²) in [6.07, 6.45) is 1.65. The molecule has 4 nitrogen and oxygen atoms in total. The summed E-state index contributed by atoms with van der Waals surface area (Å²) in [6, 6.07) is 13.4. The molecule has 0 aliphatic carbocycles. The lowest BCUT2D eigenvalue weighted by molar-refractivity contribution is 0.103. The molecule has 2 heterocycles. The summed E-state index contributed by atoms with van der Waals surface area (Å²) in [4.78, 5) is 16.9. The second-order valence-electron chi connectivity index (χ2n) is 5.60. The maximum absolute atomic E-state index is 12.2. The number of carbonyl (C=O) groups is 1. The van der Waals surface area contributed by atoms with Crippen LogP contribution in [0.3, 0.4) is 0 Å². The van der Waals surface area contributed by atoms with Crippen LogP contribution in [-0.2, 0) is 6.61 Å². The Morgan fingerprint density at radius 2 is 1.96 bits per heavy atom. The fourth-order valence-electron chi connectivity index (χ4n) is 2.37. The molecular weight excluding hydrogens is 320 g/mol. The Morgan fingerprint density at radius 3 is 2.67 bits per heavy atom. The molecule has 0 atom stereocenters. The molecule has 1 aromatic carbocycles. The van der Waals surface area contributed by atoms with Crippen LogP contribution in [-0.4, -0.2) is 10.9 Å². The molecule has 0 fully saturated rings. The predicted molar refractivity (Wildman–Crippen MR) is 96.8 cm³/mol. The molecular formula is C19H18N2O2S. The molecule has 0 unspecified atom stereocenters. The maximum atomic E-state index is 12.2. The molecule has 0 saturated carbocycles. The van der Waals surface area contributed by atoms with Crippen molar-refractivity contribution in [2.75, 3.05) is 5.32 Å². The zero-order valence-electron chi connectivity index (χ0n) is 13.6. The van der Waals surface area contributed by atoms with Gasteiger partial charge in [0.2, 0.25) is 0 Å². The van der Waals surface area contributed by atoms with Gasteiger partial charge in [-0.15, -0.1) is 11.3 Å². The van der Waals surface area contributed by atoms with E-state index in [9.17, 15) is 4.79 Å². The van der Waals surface area contributed by atoms with Crippen LogP contribution in [0.5, 0.6) is 5.75 Å². The van der Waals surface area contributed by atoms with Crippen molar-refractivity contribution in [3.63, 3.8) is 0 Å². The van der Waals surface area contributed by atoms with Crippen molar-refractivity contribution < 1.29 is 9.53 Å². The number of aromatic nitrogens is 1. The number of hydrogen-bond acceptors (Lipinski definition) is 4. The van der Waals surface area contributed by atoms with Crippen molar-refractivity contribution in [2.45, 2.75) is 20.5 Å². The van der Waals surface area contributed by atoms with Gasteiger partial charge in [-0.2, -0.15) is 0 Å². The topological polar surface area (TPSA) is 51.2 Å². The number of aryl methyl sites for hydroxylation is 2. The minimum Gasteiger partial charge on any atom is -0.489 e. The lowest BCUT2D eigenvalue weighted by Crippen LogP contribution is -2.11. The molecule has 0 aliphatic heterocycles. The van der Waals surface area contributed by atoms with Crippen LogP contribution < -0.4 is 10.1 Å². The van der Waals surface area contributed by atoms with Gasteiger partial charge in [0.25, 0.3) is 5.91 Å². The van der Waals surface area contributed by atoms with Crippen LogP contribution in [0.2, 0.25) is 0 Å². The number of anilines is 1. The van der Waals surface area contributed by atoms with Crippen molar-refractivity contribution in [1.29, 1.82) is 0 Å². The van der Waals surface area contributed by atoms with E-state index in [1.807, 2.05) is 49.6 Å². The van der Waals surface area contributed by atoms with Gasteiger partial charge in [-0.05, 0) is 60.7 Å². The Balaban J connectivity index is 1.62.